The largest absolute Gasteiger partial charge is 0.286 e. The van der Waals surface area contributed by atoms with Gasteiger partial charge in [0.05, 0.1) is 6.54 Å². The highest BCUT2D eigenvalue weighted by Gasteiger charge is 2.30. The van der Waals surface area contributed by atoms with E-state index in [4.69, 9.17) is 0 Å². The molecule has 1 aromatic carbocycles. The molecule has 0 aromatic heterocycles. The van der Waals surface area contributed by atoms with Crippen molar-refractivity contribution in [1.82, 2.24) is 10.4 Å². The van der Waals surface area contributed by atoms with E-state index in [1.54, 1.807) is 32.3 Å². The summed E-state index contributed by atoms with van der Waals surface area (Å²) in [6.45, 7) is -0.385. The number of nitrogens with zero attached hydrogens (tertiary/aromatic N) is 1. The summed E-state index contributed by atoms with van der Waals surface area (Å²) < 4.78 is 26.9. The van der Waals surface area contributed by atoms with E-state index in [2.05, 4.69) is 5.43 Å². The summed E-state index contributed by atoms with van der Waals surface area (Å²) in [5.41, 5.74) is 2.60. The number of nitrogens with one attached hydrogen (secondary N) is 1. The number of hydrazine groups is 1. The van der Waals surface area contributed by atoms with Gasteiger partial charge in [0.2, 0.25) is 0 Å². The Balaban J connectivity index is 2.66. The maximum Gasteiger partial charge on any atom is 0.286 e. The molecule has 78 valence electrons. The molecule has 2 nitrogen and oxygen atoms in total. The van der Waals surface area contributed by atoms with E-state index in [0.29, 0.717) is 0 Å². The summed E-state index contributed by atoms with van der Waals surface area (Å²) >= 11 is 0. The van der Waals surface area contributed by atoms with E-state index >= 15 is 0 Å². The predicted octanol–water partition coefficient (Wildman–Crippen LogP) is 1.84. The summed E-state index contributed by atoms with van der Waals surface area (Å²) in [5.74, 6) is -2.83. The third-order valence-corrected chi connectivity index (χ3v) is 1.81. The molecule has 4 heteroatoms. The van der Waals surface area contributed by atoms with Crippen LogP contribution >= 0.6 is 0 Å². The average Bonchev–Trinajstić information content (AvgIpc) is 2.16. The summed E-state index contributed by atoms with van der Waals surface area (Å²) in [4.78, 5) is 0. The van der Waals surface area contributed by atoms with Crippen LogP contribution in [0.2, 0.25) is 0 Å². The Bertz CT molecular complexity index is 273. The lowest BCUT2D eigenvalue weighted by molar-refractivity contribution is -0.0175. The molecule has 0 amide bonds. The molecule has 0 saturated carbocycles. The minimum atomic E-state index is -2.83. The smallest absolute Gasteiger partial charge is 0.250 e. The van der Waals surface area contributed by atoms with Crippen molar-refractivity contribution in [1.29, 1.82) is 0 Å². The molecule has 0 atom stereocenters. The van der Waals surface area contributed by atoms with Gasteiger partial charge < -0.3 is 0 Å². The average molecular weight is 200 g/mol. The van der Waals surface area contributed by atoms with Crippen LogP contribution in [0.25, 0.3) is 0 Å². The second-order valence-electron chi connectivity index (χ2n) is 3.30. The molecular formula is C10H14F2N2. The molecule has 0 fully saturated rings. The lowest BCUT2D eigenvalue weighted by atomic mass is 10.1. The Kier molecular flexibility index (Phi) is 3.55. The topological polar surface area (TPSA) is 15.3 Å². The van der Waals surface area contributed by atoms with Crippen molar-refractivity contribution < 1.29 is 8.78 Å². The van der Waals surface area contributed by atoms with Gasteiger partial charge in [0.15, 0.2) is 0 Å². The van der Waals surface area contributed by atoms with Gasteiger partial charge in [-0.3, -0.25) is 5.01 Å². The van der Waals surface area contributed by atoms with Crippen LogP contribution < -0.4 is 5.43 Å². The van der Waals surface area contributed by atoms with E-state index in [9.17, 15) is 8.78 Å². The van der Waals surface area contributed by atoms with Crippen LogP contribution in [0, 0.1) is 0 Å². The van der Waals surface area contributed by atoms with Gasteiger partial charge in [-0.05, 0) is 0 Å². The molecule has 0 saturated heterocycles. The lowest BCUT2D eigenvalue weighted by Gasteiger charge is -2.20. The van der Waals surface area contributed by atoms with Crippen molar-refractivity contribution in [3.05, 3.63) is 35.9 Å². The van der Waals surface area contributed by atoms with E-state index in [-0.39, 0.29) is 12.1 Å². The molecule has 0 aliphatic rings. The Hall–Kier alpha value is -1.00. The third-order valence-electron chi connectivity index (χ3n) is 1.81. The number of hydrogen-bond acceptors (Lipinski definition) is 2. The van der Waals surface area contributed by atoms with E-state index < -0.39 is 5.92 Å². The van der Waals surface area contributed by atoms with Crippen LogP contribution in [0.5, 0.6) is 0 Å². The summed E-state index contributed by atoms with van der Waals surface area (Å²) in [6.07, 6.45) is 0. The van der Waals surface area contributed by atoms with Crippen molar-refractivity contribution in [2.75, 3.05) is 20.6 Å². The molecule has 0 spiro atoms. The first-order chi connectivity index (χ1) is 6.52. The first kappa shape index (κ1) is 11.1. The molecule has 0 bridgehead atoms. The van der Waals surface area contributed by atoms with Gasteiger partial charge in [-0.1, -0.05) is 30.3 Å². The lowest BCUT2D eigenvalue weighted by Crippen LogP contribution is -2.39. The summed E-state index contributed by atoms with van der Waals surface area (Å²) in [5, 5.41) is 1.51. The zero-order valence-corrected chi connectivity index (χ0v) is 8.30. The van der Waals surface area contributed by atoms with E-state index in [1.807, 2.05) is 0 Å². The molecule has 0 heterocycles. The zero-order chi connectivity index (χ0) is 10.6. The van der Waals surface area contributed by atoms with Crippen molar-refractivity contribution in [3.63, 3.8) is 0 Å². The van der Waals surface area contributed by atoms with Crippen molar-refractivity contribution >= 4 is 0 Å². The number of benzene rings is 1. The molecular weight excluding hydrogens is 186 g/mol. The number of alkyl halides is 2. The van der Waals surface area contributed by atoms with Crippen LogP contribution in [-0.2, 0) is 5.92 Å². The molecule has 0 aliphatic heterocycles. The number of rotatable bonds is 4. The Morgan fingerprint density at radius 3 is 2.29 bits per heavy atom. The second-order valence-corrected chi connectivity index (χ2v) is 3.30. The van der Waals surface area contributed by atoms with Gasteiger partial charge in [0.25, 0.3) is 5.92 Å². The highest BCUT2D eigenvalue weighted by Crippen LogP contribution is 2.26. The quantitative estimate of drug-likeness (QED) is 0.746. The normalized spacial score (nSPS) is 12.1. The zero-order valence-electron chi connectivity index (χ0n) is 8.30. The van der Waals surface area contributed by atoms with Crippen molar-refractivity contribution in [2.24, 2.45) is 0 Å². The summed E-state index contributed by atoms with van der Waals surface area (Å²) in [6, 6.07) is 7.80. The van der Waals surface area contributed by atoms with E-state index in [1.165, 1.54) is 17.1 Å². The first-order valence-electron chi connectivity index (χ1n) is 4.36. The Labute approximate surface area is 82.5 Å². The monoisotopic (exact) mass is 200 g/mol. The second kappa shape index (κ2) is 4.48. The van der Waals surface area contributed by atoms with Gasteiger partial charge in [0, 0.05) is 19.7 Å². The van der Waals surface area contributed by atoms with Crippen molar-refractivity contribution in [2.45, 2.75) is 5.92 Å². The fourth-order valence-electron chi connectivity index (χ4n) is 1.04. The summed E-state index contributed by atoms with van der Waals surface area (Å²) in [7, 11) is 3.36. The molecule has 0 radical (unpaired) electrons. The van der Waals surface area contributed by atoms with Gasteiger partial charge in [0.1, 0.15) is 0 Å². The van der Waals surface area contributed by atoms with Crippen molar-refractivity contribution in [3.8, 4) is 0 Å². The van der Waals surface area contributed by atoms with Gasteiger partial charge in [-0.2, -0.15) is 8.78 Å². The minimum Gasteiger partial charge on any atom is -0.250 e. The van der Waals surface area contributed by atoms with Crippen LogP contribution in [0.3, 0.4) is 0 Å². The third kappa shape index (κ3) is 3.05. The van der Waals surface area contributed by atoms with Crippen LogP contribution in [0.15, 0.2) is 30.3 Å². The fourth-order valence-corrected chi connectivity index (χ4v) is 1.04. The highest BCUT2D eigenvalue weighted by molar-refractivity contribution is 5.20. The molecule has 1 aromatic rings. The Morgan fingerprint density at radius 2 is 1.79 bits per heavy atom. The van der Waals surface area contributed by atoms with Gasteiger partial charge >= 0.3 is 0 Å². The fraction of sp³-hybridized carbons (Fsp3) is 0.400. The number of hydrogen-bond donors (Lipinski definition) is 1. The number of halogens is 2. The molecule has 0 unspecified atom stereocenters. The minimum absolute atomic E-state index is 0.0364. The van der Waals surface area contributed by atoms with E-state index in [0.717, 1.165) is 0 Å². The maximum absolute atomic E-state index is 13.4. The van der Waals surface area contributed by atoms with Crippen LogP contribution in [0.1, 0.15) is 5.56 Å². The standard InChI is InChI=1S/C10H14F2N2/c1-14(2)13-8-10(11,12)9-6-4-3-5-7-9/h3-7,13H,8H2,1-2H3. The molecule has 0 aliphatic carbocycles. The molecule has 1 rings (SSSR count). The maximum atomic E-state index is 13.4. The van der Waals surface area contributed by atoms with Crippen LogP contribution in [-0.4, -0.2) is 25.6 Å². The SMILES string of the molecule is CN(C)NCC(F)(F)c1ccccc1. The van der Waals surface area contributed by atoms with Gasteiger partial charge in [-0.25, -0.2) is 5.43 Å². The highest BCUT2D eigenvalue weighted by atomic mass is 19.3. The predicted molar refractivity (Wildman–Crippen MR) is 52.0 cm³/mol. The van der Waals surface area contributed by atoms with Gasteiger partial charge in [-0.15, -0.1) is 0 Å². The molecule has 14 heavy (non-hydrogen) atoms. The Morgan fingerprint density at radius 1 is 1.21 bits per heavy atom. The van der Waals surface area contributed by atoms with Crippen LogP contribution in [0.4, 0.5) is 8.78 Å². The first-order valence-corrected chi connectivity index (χ1v) is 4.36. The molecule has 1 N–H and O–H groups in total.